The van der Waals surface area contributed by atoms with Crippen molar-refractivity contribution in [3.63, 3.8) is 0 Å². The van der Waals surface area contributed by atoms with Crippen molar-refractivity contribution in [3.8, 4) is 0 Å². The van der Waals surface area contributed by atoms with E-state index in [0.29, 0.717) is 32.0 Å². The molecule has 2 aromatic heterocycles. The van der Waals surface area contributed by atoms with Gasteiger partial charge in [-0.1, -0.05) is 0 Å². The second-order valence-corrected chi connectivity index (χ2v) is 5.51. The van der Waals surface area contributed by atoms with E-state index in [-0.39, 0.29) is 11.8 Å². The van der Waals surface area contributed by atoms with E-state index >= 15 is 0 Å². The number of H-pyrrole nitrogens is 1. The van der Waals surface area contributed by atoms with Crippen molar-refractivity contribution in [2.75, 3.05) is 26.3 Å². The van der Waals surface area contributed by atoms with E-state index < -0.39 is 0 Å². The summed E-state index contributed by atoms with van der Waals surface area (Å²) in [4.78, 5) is 29.4. The summed E-state index contributed by atoms with van der Waals surface area (Å²) in [7, 11) is 0. The highest BCUT2D eigenvalue weighted by molar-refractivity contribution is 5.92. The van der Waals surface area contributed by atoms with Gasteiger partial charge >= 0.3 is 0 Å². The van der Waals surface area contributed by atoms with Crippen LogP contribution in [-0.2, 0) is 11.2 Å². The van der Waals surface area contributed by atoms with Crippen LogP contribution in [0.5, 0.6) is 0 Å². The van der Waals surface area contributed by atoms with Crippen LogP contribution in [0, 0.1) is 12.8 Å². The number of nitrogens with zero attached hydrogens (tertiary/aromatic N) is 4. The maximum Gasteiger partial charge on any atom is 0.272 e. The number of rotatable bonds is 3. The van der Waals surface area contributed by atoms with Crippen molar-refractivity contribution in [1.82, 2.24) is 24.8 Å². The van der Waals surface area contributed by atoms with Gasteiger partial charge in [-0.05, 0) is 19.4 Å². The molecule has 0 spiro atoms. The predicted octanol–water partition coefficient (Wildman–Crippen LogP) is 0.839. The summed E-state index contributed by atoms with van der Waals surface area (Å²) in [6, 6.07) is 1.98. The first-order valence-electron chi connectivity index (χ1n) is 7.35. The number of nitrogens with one attached hydrogen (secondary N) is 1. The Hall–Kier alpha value is -2.28. The number of aromatic nitrogens is 4. The largest absolute Gasteiger partial charge is 0.379 e. The van der Waals surface area contributed by atoms with Gasteiger partial charge in [0.2, 0.25) is 0 Å². The monoisotopic (exact) mass is 301 g/mol. The third-order valence-corrected chi connectivity index (χ3v) is 3.71. The molecule has 2 aromatic rings. The van der Waals surface area contributed by atoms with Gasteiger partial charge in [0.05, 0.1) is 25.7 Å². The summed E-state index contributed by atoms with van der Waals surface area (Å²) in [5, 5.41) is 0. The average molecular weight is 301 g/mol. The van der Waals surface area contributed by atoms with Gasteiger partial charge in [-0.15, -0.1) is 0 Å². The summed E-state index contributed by atoms with van der Waals surface area (Å²) in [6.07, 6.45) is 5.42. The molecule has 1 saturated heterocycles. The Bertz CT molecular complexity index is 629. The van der Waals surface area contributed by atoms with Crippen molar-refractivity contribution in [1.29, 1.82) is 0 Å². The van der Waals surface area contributed by atoms with Gasteiger partial charge in [0.1, 0.15) is 12.0 Å². The highest BCUT2D eigenvalue weighted by atomic mass is 16.5. The van der Waals surface area contributed by atoms with Crippen molar-refractivity contribution < 1.29 is 9.53 Å². The van der Waals surface area contributed by atoms with Crippen molar-refractivity contribution in [2.45, 2.75) is 13.3 Å². The van der Waals surface area contributed by atoms with Gasteiger partial charge in [-0.2, -0.15) is 0 Å². The third-order valence-electron chi connectivity index (χ3n) is 3.71. The van der Waals surface area contributed by atoms with Crippen molar-refractivity contribution >= 4 is 5.91 Å². The molecule has 7 nitrogen and oxygen atoms in total. The van der Waals surface area contributed by atoms with E-state index in [1.54, 1.807) is 12.5 Å². The lowest BCUT2D eigenvalue weighted by Gasteiger charge is -2.22. The minimum Gasteiger partial charge on any atom is -0.379 e. The van der Waals surface area contributed by atoms with E-state index in [9.17, 15) is 4.79 Å². The third kappa shape index (κ3) is 3.48. The van der Waals surface area contributed by atoms with Crippen LogP contribution in [0.15, 0.2) is 24.9 Å². The fraction of sp³-hybridized carbons (Fsp3) is 0.467. The van der Waals surface area contributed by atoms with E-state index in [2.05, 4.69) is 19.9 Å². The molecule has 3 heterocycles. The molecule has 22 heavy (non-hydrogen) atoms. The average Bonchev–Trinajstić information content (AvgIpc) is 2.94. The predicted molar refractivity (Wildman–Crippen MR) is 79.3 cm³/mol. The number of carbonyl (C=O) groups is 1. The Kier molecular flexibility index (Phi) is 4.43. The maximum atomic E-state index is 12.4. The second-order valence-electron chi connectivity index (χ2n) is 5.51. The molecule has 7 heteroatoms. The van der Waals surface area contributed by atoms with Gasteiger partial charge in [-0.25, -0.2) is 15.0 Å². The SMILES string of the molecule is Cc1cc(C[C@@H]2COCCN(C(=O)c3cnc[nH]3)C2)ncn1. The molecule has 1 fully saturated rings. The summed E-state index contributed by atoms with van der Waals surface area (Å²) in [5.74, 6) is 0.190. The molecule has 1 atom stereocenters. The number of amides is 1. The second kappa shape index (κ2) is 6.65. The number of carbonyl (C=O) groups excluding carboxylic acids is 1. The molecule has 1 amide bonds. The lowest BCUT2D eigenvalue weighted by Crippen LogP contribution is -2.36. The fourth-order valence-corrected chi connectivity index (χ4v) is 2.65. The van der Waals surface area contributed by atoms with Gasteiger partial charge < -0.3 is 14.6 Å². The summed E-state index contributed by atoms with van der Waals surface area (Å²) < 4.78 is 5.64. The molecule has 1 N–H and O–H groups in total. The quantitative estimate of drug-likeness (QED) is 0.908. The van der Waals surface area contributed by atoms with Crippen molar-refractivity contribution in [2.24, 2.45) is 5.92 Å². The fourth-order valence-electron chi connectivity index (χ4n) is 2.65. The van der Waals surface area contributed by atoms with Crippen LogP contribution < -0.4 is 0 Å². The Morgan fingerprint density at radius 2 is 2.41 bits per heavy atom. The topological polar surface area (TPSA) is 84.0 Å². The van der Waals surface area contributed by atoms with Gasteiger partial charge in [0, 0.05) is 30.4 Å². The molecular weight excluding hydrogens is 282 g/mol. The van der Waals surface area contributed by atoms with Crippen LogP contribution in [-0.4, -0.2) is 57.0 Å². The zero-order chi connectivity index (χ0) is 15.4. The first-order chi connectivity index (χ1) is 10.7. The minimum absolute atomic E-state index is 0.0353. The van der Waals surface area contributed by atoms with Crippen LogP contribution in [0.4, 0.5) is 0 Å². The summed E-state index contributed by atoms with van der Waals surface area (Å²) in [5.41, 5.74) is 2.44. The zero-order valence-electron chi connectivity index (χ0n) is 12.5. The molecule has 0 aliphatic carbocycles. The molecular formula is C15H19N5O2. The van der Waals surface area contributed by atoms with E-state index in [0.717, 1.165) is 17.8 Å². The number of imidazole rings is 1. The van der Waals surface area contributed by atoms with Crippen molar-refractivity contribution in [3.05, 3.63) is 42.0 Å². The number of ether oxygens (including phenoxy) is 1. The Morgan fingerprint density at radius 1 is 1.50 bits per heavy atom. The Morgan fingerprint density at radius 3 is 3.18 bits per heavy atom. The van der Waals surface area contributed by atoms with Gasteiger partial charge in [0.25, 0.3) is 5.91 Å². The lowest BCUT2D eigenvalue weighted by atomic mass is 10.0. The van der Waals surface area contributed by atoms with Crippen LogP contribution in [0.2, 0.25) is 0 Å². The number of aromatic amines is 1. The Balaban J connectivity index is 1.68. The minimum atomic E-state index is -0.0353. The van der Waals surface area contributed by atoms with E-state index in [4.69, 9.17) is 4.74 Å². The summed E-state index contributed by atoms with van der Waals surface area (Å²) >= 11 is 0. The number of hydrogen-bond acceptors (Lipinski definition) is 5. The van der Waals surface area contributed by atoms with Crippen LogP contribution in [0.1, 0.15) is 21.9 Å². The molecule has 0 saturated carbocycles. The zero-order valence-corrected chi connectivity index (χ0v) is 12.5. The van der Waals surface area contributed by atoms with E-state index in [1.807, 2.05) is 17.9 Å². The molecule has 3 rings (SSSR count). The number of aryl methyl sites for hydroxylation is 1. The number of hydrogen-bond donors (Lipinski definition) is 1. The standard InChI is InChI=1S/C15H19N5O2/c1-11-4-13(18-10-17-11)5-12-7-20(2-3-22-8-12)15(21)14-6-16-9-19-14/h4,6,9-10,12H,2-3,5,7-8H2,1H3,(H,16,19)/t12-/m0/s1. The van der Waals surface area contributed by atoms with Crippen LogP contribution in [0.25, 0.3) is 0 Å². The Labute approximate surface area is 128 Å². The maximum absolute atomic E-state index is 12.4. The first-order valence-corrected chi connectivity index (χ1v) is 7.35. The first kappa shape index (κ1) is 14.6. The van der Waals surface area contributed by atoms with Crippen LogP contribution in [0.3, 0.4) is 0 Å². The molecule has 0 bridgehead atoms. The smallest absolute Gasteiger partial charge is 0.272 e. The normalized spacial score (nSPS) is 19.0. The molecule has 0 unspecified atom stereocenters. The summed E-state index contributed by atoms with van der Waals surface area (Å²) in [6.45, 7) is 4.38. The van der Waals surface area contributed by atoms with Gasteiger partial charge in [-0.3, -0.25) is 4.79 Å². The van der Waals surface area contributed by atoms with Crippen LogP contribution >= 0.6 is 0 Å². The van der Waals surface area contributed by atoms with E-state index in [1.165, 1.54) is 6.33 Å². The molecule has 116 valence electrons. The molecule has 0 radical (unpaired) electrons. The highest BCUT2D eigenvalue weighted by Crippen LogP contribution is 2.14. The highest BCUT2D eigenvalue weighted by Gasteiger charge is 2.24. The molecule has 1 aliphatic rings. The molecule has 0 aromatic carbocycles. The van der Waals surface area contributed by atoms with Gasteiger partial charge in [0.15, 0.2) is 0 Å². The lowest BCUT2D eigenvalue weighted by molar-refractivity contribution is 0.0732. The molecule has 1 aliphatic heterocycles.